The van der Waals surface area contributed by atoms with Crippen molar-refractivity contribution in [1.82, 2.24) is 16.0 Å². The molecule has 0 aromatic rings. The van der Waals surface area contributed by atoms with Crippen LogP contribution in [0.1, 0.15) is 26.7 Å². The number of hydrogen-bond acceptors (Lipinski definition) is 4. The summed E-state index contributed by atoms with van der Waals surface area (Å²) in [7, 11) is 0. The van der Waals surface area contributed by atoms with Crippen LogP contribution in [0.3, 0.4) is 0 Å². The van der Waals surface area contributed by atoms with Gasteiger partial charge >= 0.3 is 12.0 Å². The normalized spacial score (nSPS) is 13.2. The van der Waals surface area contributed by atoms with Crippen molar-refractivity contribution in [2.75, 3.05) is 13.1 Å². The summed E-state index contributed by atoms with van der Waals surface area (Å²) in [6.07, 6.45) is -0.273. The average Bonchev–Trinajstić information content (AvgIpc) is 2.32. The van der Waals surface area contributed by atoms with E-state index in [-0.39, 0.29) is 18.9 Å². The third-order valence-electron chi connectivity index (χ3n) is 2.24. The highest BCUT2D eigenvalue weighted by Gasteiger charge is 2.24. The monoisotopic (exact) mass is 275 g/mol. The Kier molecular flexibility index (Phi) is 8.27. The molecule has 0 bridgehead atoms. The Morgan fingerprint density at radius 2 is 1.79 bits per heavy atom. The lowest BCUT2D eigenvalue weighted by molar-refractivity contribution is -0.141. The molecular formula is C11H21N3O5. The molecule has 0 rings (SSSR count). The van der Waals surface area contributed by atoms with Crippen LogP contribution < -0.4 is 16.0 Å². The van der Waals surface area contributed by atoms with Crippen molar-refractivity contribution in [2.45, 2.75) is 38.8 Å². The molecule has 19 heavy (non-hydrogen) atoms. The minimum atomic E-state index is -1.38. The molecular weight excluding hydrogens is 254 g/mol. The summed E-state index contributed by atoms with van der Waals surface area (Å²) in [6, 6.07) is -2.12. The van der Waals surface area contributed by atoms with Crippen molar-refractivity contribution in [2.24, 2.45) is 0 Å². The Morgan fingerprint density at radius 1 is 1.16 bits per heavy atom. The van der Waals surface area contributed by atoms with Gasteiger partial charge in [0.1, 0.15) is 0 Å². The molecule has 0 radical (unpaired) electrons. The number of carboxylic acid groups (broad SMARTS) is 1. The van der Waals surface area contributed by atoms with Gasteiger partial charge in [-0.1, -0.05) is 6.92 Å². The minimum absolute atomic E-state index is 0.0908. The lowest BCUT2D eigenvalue weighted by Crippen LogP contribution is -2.51. The lowest BCUT2D eigenvalue weighted by Gasteiger charge is -2.17. The van der Waals surface area contributed by atoms with E-state index in [9.17, 15) is 14.4 Å². The van der Waals surface area contributed by atoms with Gasteiger partial charge in [0.05, 0.1) is 6.10 Å². The molecule has 8 nitrogen and oxygen atoms in total. The van der Waals surface area contributed by atoms with Crippen LogP contribution in [0.5, 0.6) is 0 Å². The van der Waals surface area contributed by atoms with Gasteiger partial charge in [-0.15, -0.1) is 0 Å². The average molecular weight is 275 g/mol. The summed E-state index contributed by atoms with van der Waals surface area (Å²) in [5, 5.41) is 25.0. The van der Waals surface area contributed by atoms with Crippen LogP contribution in [-0.2, 0) is 9.59 Å². The van der Waals surface area contributed by atoms with Crippen LogP contribution in [0.25, 0.3) is 0 Å². The number of carboxylic acids is 1. The van der Waals surface area contributed by atoms with E-state index in [2.05, 4.69) is 16.0 Å². The molecule has 0 aromatic heterocycles. The molecule has 110 valence electrons. The van der Waals surface area contributed by atoms with Gasteiger partial charge in [0.2, 0.25) is 5.91 Å². The molecule has 0 aliphatic carbocycles. The first-order valence-corrected chi connectivity index (χ1v) is 6.10. The predicted octanol–water partition coefficient (Wildman–Crippen LogP) is -0.964. The smallest absolute Gasteiger partial charge is 0.328 e. The van der Waals surface area contributed by atoms with Crippen LogP contribution in [0, 0.1) is 0 Å². The van der Waals surface area contributed by atoms with E-state index in [1.807, 2.05) is 6.92 Å². The summed E-state index contributed by atoms with van der Waals surface area (Å²) < 4.78 is 0. The molecule has 0 fully saturated rings. The molecule has 0 aliphatic rings. The zero-order valence-electron chi connectivity index (χ0n) is 11.1. The van der Waals surface area contributed by atoms with Gasteiger partial charge in [0, 0.05) is 19.5 Å². The van der Waals surface area contributed by atoms with Crippen LogP contribution >= 0.6 is 0 Å². The number of hydrogen-bond donors (Lipinski definition) is 5. The van der Waals surface area contributed by atoms with Crippen LogP contribution in [0.4, 0.5) is 4.79 Å². The highest BCUT2D eigenvalue weighted by Crippen LogP contribution is 1.92. The first-order chi connectivity index (χ1) is 8.88. The zero-order chi connectivity index (χ0) is 14.8. The molecule has 3 amide bonds. The van der Waals surface area contributed by atoms with Gasteiger partial charge in [-0.3, -0.25) is 4.79 Å². The van der Waals surface area contributed by atoms with E-state index in [1.54, 1.807) is 0 Å². The second kappa shape index (κ2) is 9.15. The Hall–Kier alpha value is -1.83. The lowest BCUT2D eigenvalue weighted by atomic mass is 10.2. The Morgan fingerprint density at radius 3 is 2.26 bits per heavy atom. The van der Waals surface area contributed by atoms with Crippen molar-refractivity contribution in [3.05, 3.63) is 0 Å². The number of aliphatic carboxylic acids is 1. The molecule has 0 saturated heterocycles. The topological polar surface area (TPSA) is 128 Å². The summed E-state index contributed by atoms with van der Waals surface area (Å²) in [6.45, 7) is 3.85. The highest BCUT2D eigenvalue weighted by atomic mass is 16.4. The van der Waals surface area contributed by atoms with E-state index in [0.717, 1.165) is 6.42 Å². The van der Waals surface area contributed by atoms with Crippen LogP contribution in [0.15, 0.2) is 0 Å². The SMILES string of the molecule is CCCNC(=O)CCNC(=O)N[C@H](C(=O)O)[C@@H](C)O. The third kappa shape index (κ3) is 7.98. The van der Waals surface area contributed by atoms with Gasteiger partial charge in [0.15, 0.2) is 6.04 Å². The molecule has 8 heteroatoms. The fourth-order valence-corrected chi connectivity index (χ4v) is 1.22. The molecule has 0 spiro atoms. The first kappa shape index (κ1) is 17.2. The van der Waals surface area contributed by atoms with E-state index in [1.165, 1.54) is 6.92 Å². The number of amides is 3. The van der Waals surface area contributed by atoms with Crippen molar-refractivity contribution >= 4 is 17.9 Å². The summed E-state index contributed by atoms with van der Waals surface area (Å²) >= 11 is 0. The number of carbonyl (C=O) groups excluding carboxylic acids is 2. The largest absolute Gasteiger partial charge is 0.480 e. The molecule has 0 unspecified atom stereocenters. The Labute approximate surface area is 111 Å². The maximum atomic E-state index is 11.3. The molecule has 2 atom stereocenters. The van der Waals surface area contributed by atoms with Gasteiger partial charge in [-0.25, -0.2) is 9.59 Å². The predicted molar refractivity (Wildman–Crippen MR) is 67.6 cm³/mol. The number of rotatable bonds is 8. The summed E-state index contributed by atoms with van der Waals surface area (Å²) in [4.78, 5) is 33.2. The second-order valence-electron chi connectivity index (χ2n) is 4.06. The van der Waals surface area contributed by atoms with Gasteiger partial charge in [-0.05, 0) is 13.3 Å². The van der Waals surface area contributed by atoms with Gasteiger partial charge in [-0.2, -0.15) is 0 Å². The van der Waals surface area contributed by atoms with E-state index < -0.39 is 24.1 Å². The first-order valence-electron chi connectivity index (χ1n) is 6.10. The number of aliphatic hydroxyl groups is 1. The van der Waals surface area contributed by atoms with Crippen LogP contribution in [-0.4, -0.2) is 53.4 Å². The summed E-state index contributed by atoms with van der Waals surface area (Å²) in [5.74, 6) is -1.52. The van der Waals surface area contributed by atoms with Crippen molar-refractivity contribution in [3.63, 3.8) is 0 Å². The fraction of sp³-hybridized carbons (Fsp3) is 0.727. The van der Waals surface area contributed by atoms with Crippen molar-refractivity contribution < 1.29 is 24.6 Å². The minimum Gasteiger partial charge on any atom is -0.480 e. The van der Waals surface area contributed by atoms with Crippen molar-refractivity contribution in [3.8, 4) is 0 Å². The van der Waals surface area contributed by atoms with Gasteiger partial charge in [0.25, 0.3) is 0 Å². The maximum absolute atomic E-state index is 11.3. The van der Waals surface area contributed by atoms with Crippen LogP contribution in [0.2, 0.25) is 0 Å². The molecule has 5 N–H and O–H groups in total. The van der Waals surface area contributed by atoms with Crippen molar-refractivity contribution in [1.29, 1.82) is 0 Å². The number of aliphatic hydroxyl groups excluding tert-OH is 1. The zero-order valence-corrected chi connectivity index (χ0v) is 11.1. The highest BCUT2D eigenvalue weighted by molar-refractivity contribution is 5.83. The van der Waals surface area contributed by atoms with E-state index in [4.69, 9.17) is 10.2 Å². The fourth-order valence-electron chi connectivity index (χ4n) is 1.22. The Balaban J connectivity index is 3.92. The Bertz CT molecular complexity index is 319. The van der Waals surface area contributed by atoms with E-state index in [0.29, 0.717) is 6.54 Å². The second-order valence-corrected chi connectivity index (χ2v) is 4.06. The molecule has 0 saturated carbocycles. The standard InChI is InChI=1S/C11H21N3O5/c1-3-5-12-8(16)4-6-13-11(19)14-9(7(2)15)10(17)18/h7,9,15H,3-6H2,1-2H3,(H,12,16)(H,17,18)(H2,13,14,19)/t7-,9+/m1/s1. The number of nitrogens with one attached hydrogen (secondary N) is 3. The number of carbonyl (C=O) groups is 3. The quantitative estimate of drug-likeness (QED) is 0.389. The summed E-state index contributed by atoms with van der Waals surface area (Å²) in [5.41, 5.74) is 0. The third-order valence-corrected chi connectivity index (χ3v) is 2.24. The van der Waals surface area contributed by atoms with E-state index >= 15 is 0 Å². The molecule has 0 heterocycles. The molecule has 0 aromatic carbocycles. The molecule has 0 aliphatic heterocycles. The van der Waals surface area contributed by atoms with Gasteiger partial charge < -0.3 is 26.2 Å². The number of urea groups is 1. The maximum Gasteiger partial charge on any atom is 0.328 e.